The second-order valence-electron chi connectivity index (χ2n) is 5.53. The van der Waals surface area contributed by atoms with Gasteiger partial charge in [0.25, 0.3) is 0 Å². The molecule has 3 heteroatoms. The van der Waals surface area contributed by atoms with Gasteiger partial charge in [-0.1, -0.05) is 29.8 Å². The Bertz CT molecular complexity index is 458. The molecule has 3 rings (SSSR count). The van der Waals surface area contributed by atoms with E-state index in [4.69, 9.17) is 0 Å². The van der Waals surface area contributed by atoms with Gasteiger partial charge in [-0.3, -0.25) is 4.79 Å². The first-order valence-electron chi connectivity index (χ1n) is 6.80. The molecular weight excluding hydrogens is 224 g/mol. The molecule has 2 aliphatic rings. The van der Waals surface area contributed by atoms with E-state index in [1.54, 1.807) is 0 Å². The lowest BCUT2D eigenvalue weighted by Gasteiger charge is -2.23. The summed E-state index contributed by atoms with van der Waals surface area (Å²) < 4.78 is 0. The van der Waals surface area contributed by atoms with Gasteiger partial charge in [-0.05, 0) is 24.8 Å². The molecule has 0 saturated carbocycles. The molecule has 0 unspecified atom stereocenters. The van der Waals surface area contributed by atoms with Crippen molar-refractivity contribution in [3.63, 3.8) is 0 Å². The molecule has 0 bridgehead atoms. The average molecular weight is 244 g/mol. The Morgan fingerprint density at radius 2 is 2.33 bits per heavy atom. The second kappa shape index (κ2) is 4.73. The van der Waals surface area contributed by atoms with E-state index in [-0.39, 0.29) is 5.91 Å². The van der Waals surface area contributed by atoms with E-state index < -0.39 is 0 Å². The first-order valence-corrected chi connectivity index (χ1v) is 6.80. The van der Waals surface area contributed by atoms with Gasteiger partial charge in [0.1, 0.15) is 0 Å². The molecule has 3 nitrogen and oxygen atoms in total. The molecule has 0 spiro atoms. The van der Waals surface area contributed by atoms with Gasteiger partial charge in [-0.15, -0.1) is 0 Å². The predicted molar refractivity (Wildman–Crippen MR) is 71.4 cm³/mol. The Morgan fingerprint density at radius 3 is 3.17 bits per heavy atom. The van der Waals surface area contributed by atoms with E-state index in [1.807, 2.05) is 12.1 Å². The molecule has 1 amide bonds. The summed E-state index contributed by atoms with van der Waals surface area (Å²) in [4.78, 5) is 14.5. The summed E-state index contributed by atoms with van der Waals surface area (Å²) in [6.07, 6.45) is 1.71. The summed E-state index contributed by atoms with van der Waals surface area (Å²) >= 11 is 0. The van der Waals surface area contributed by atoms with Crippen LogP contribution in [0.5, 0.6) is 0 Å². The van der Waals surface area contributed by atoms with Crippen molar-refractivity contribution in [3.05, 3.63) is 35.4 Å². The molecule has 18 heavy (non-hydrogen) atoms. The third-order valence-electron chi connectivity index (χ3n) is 4.20. The lowest BCUT2D eigenvalue weighted by atomic mass is 10.0. The minimum Gasteiger partial charge on any atom is -0.338 e. The second-order valence-corrected chi connectivity index (χ2v) is 5.53. The number of hydrogen-bond acceptors (Lipinski definition) is 2. The highest BCUT2D eigenvalue weighted by atomic mass is 16.2. The van der Waals surface area contributed by atoms with Crippen LogP contribution in [0, 0.1) is 12.8 Å². The largest absolute Gasteiger partial charge is 0.338 e. The highest BCUT2D eigenvalue weighted by Gasteiger charge is 2.39. The Morgan fingerprint density at radius 1 is 1.44 bits per heavy atom. The number of likely N-dealkylation sites (tertiary alicyclic amines) is 1. The number of amides is 1. The molecule has 2 aliphatic heterocycles. The van der Waals surface area contributed by atoms with E-state index >= 15 is 0 Å². The minimum atomic E-state index is 0.289. The summed E-state index contributed by atoms with van der Waals surface area (Å²) in [5, 5.41) is 3.39. The van der Waals surface area contributed by atoms with Crippen molar-refractivity contribution in [1.29, 1.82) is 0 Å². The normalized spacial score (nSPS) is 26.4. The number of aryl methyl sites for hydroxylation is 1. The fourth-order valence-corrected chi connectivity index (χ4v) is 3.26. The van der Waals surface area contributed by atoms with Crippen LogP contribution in [0.15, 0.2) is 24.3 Å². The van der Waals surface area contributed by atoms with Crippen LogP contribution < -0.4 is 5.32 Å². The van der Waals surface area contributed by atoms with E-state index in [1.165, 1.54) is 5.56 Å². The van der Waals surface area contributed by atoms with Crippen molar-refractivity contribution in [1.82, 2.24) is 10.2 Å². The Balaban J connectivity index is 1.68. The lowest BCUT2D eigenvalue weighted by Crippen LogP contribution is -2.39. The molecule has 96 valence electrons. The fraction of sp³-hybridized carbons (Fsp3) is 0.533. The van der Waals surface area contributed by atoms with E-state index in [9.17, 15) is 4.79 Å². The highest BCUT2D eigenvalue weighted by Crippen LogP contribution is 2.27. The zero-order valence-electron chi connectivity index (χ0n) is 10.9. The smallest absolute Gasteiger partial charge is 0.227 e. The van der Waals surface area contributed by atoms with Gasteiger partial charge >= 0.3 is 0 Å². The Labute approximate surface area is 108 Å². The number of hydrogen-bond donors (Lipinski definition) is 1. The first-order chi connectivity index (χ1) is 8.74. The number of carbonyl (C=O) groups is 1. The standard InChI is InChI=1S/C15H20N2O/c1-11-3-2-4-12(7-11)8-15(18)17-6-5-13-9-16-10-14(13)17/h2-4,7,13-14,16H,5-6,8-10H2,1H3/t13-,14+/m0/s1. The number of fused-ring (bicyclic) bond motifs is 1. The summed E-state index contributed by atoms with van der Waals surface area (Å²) in [7, 11) is 0. The maximum atomic E-state index is 12.4. The van der Waals surface area contributed by atoms with Crippen LogP contribution in [0.2, 0.25) is 0 Å². The minimum absolute atomic E-state index is 0.289. The molecule has 1 N–H and O–H groups in total. The van der Waals surface area contributed by atoms with Gasteiger partial charge in [-0.25, -0.2) is 0 Å². The maximum Gasteiger partial charge on any atom is 0.227 e. The van der Waals surface area contributed by atoms with Crippen molar-refractivity contribution in [3.8, 4) is 0 Å². The van der Waals surface area contributed by atoms with Gasteiger partial charge in [0.2, 0.25) is 5.91 Å². The SMILES string of the molecule is Cc1cccc(CC(=O)N2CC[C@H]3CNC[C@H]32)c1. The van der Waals surface area contributed by atoms with Gasteiger partial charge < -0.3 is 10.2 Å². The van der Waals surface area contributed by atoms with Crippen molar-refractivity contribution >= 4 is 5.91 Å². The lowest BCUT2D eigenvalue weighted by molar-refractivity contribution is -0.131. The number of nitrogens with one attached hydrogen (secondary N) is 1. The molecular formula is C15H20N2O. The molecule has 2 atom stereocenters. The van der Waals surface area contributed by atoms with Crippen LogP contribution in [0.3, 0.4) is 0 Å². The van der Waals surface area contributed by atoms with Gasteiger partial charge in [-0.2, -0.15) is 0 Å². The van der Waals surface area contributed by atoms with Crippen molar-refractivity contribution in [2.75, 3.05) is 19.6 Å². The topological polar surface area (TPSA) is 32.3 Å². The number of carbonyl (C=O) groups excluding carboxylic acids is 1. The molecule has 2 heterocycles. The predicted octanol–water partition coefficient (Wildman–Crippen LogP) is 1.36. The van der Waals surface area contributed by atoms with Gasteiger partial charge in [0.15, 0.2) is 0 Å². The van der Waals surface area contributed by atoms with Gasteiger partial charge in [0.05, 0.1) is 6.42 Å². The average Bonchev–Trinajstić information content (AvgIpc) is 2.89. The van der Waals surface area contributed by atoms with Crippen LogP contribution >= 0.6 is 0 Å². The number of benzene rings is 1. The quantitative estimate of drug-likeness (QED) is 0.852. The molecule has 1 aromatic carbocycles. The van der Waals surface area contributed by atoms with Gasteiger partial charge in [0, 0.05) is 25.7 Å². The Hall–Kier alpha value is -1.35. The number of nitrogens with zero attached hydrogens (tertiary/aromatic N) is 1. The molecule has 0 aliphatic carbocycles. The van der Waals surface area contributed by atoms with Crippen molar-refractivity contribution in [2.24, 2.45) is 5.92 Å². The molecule has 2 saturated heterocycles. The molecule has 0 aromatic heterocycles. The maximum absolute atomic E-state index is 12.4. The third kappa shape index (κ3) is 2.15. The summed E-state index contributed by atoms with van der Waals surface area (Å²) in [6, 6.07) is 8.70. The molecule has 1 aromatic rings. The molecule has 2 fully saturated rings. The van der Waals surface area contributed by atoms with E-state index in [2.05, 4.69) is 29.3 Å². The van der Waals surface area contributed by atoms with Crippen molar-refractivity contribution < 1.29 is 4.79 Å². The van der Waals surface area contributed by atoms with E-state index in [0.29, 0.717) is 18.4 Å². The molecule has 0 radical (unpaired) electrons. The van der Waals surface area contributed by atoms with Crippen LogP contribution in [0.4, 0.5) is 0 Å². The summed E-state index contributed by atoms with van der Waals surface area (Å²) in [5.41, 5.74) is 2.36. The highest BCUT2D eigenvalue weighted by molar-refractivity contribution is 5.79. The summed E-state index contributed by atoms with van der Waals surface area (Å²) in [6.45, 7) is 5.07. The van der Waals surface area contributed by atoms with E-state index in [0.717, 1.165) is 31.6 Å². The van der Waals surface area contributed by atoms with Crippen LogP contribution in [0.25, 0.3) is 0 Å². The van der Waals surface area contributed by atoms with Crippen LogP contribution in [-0.4, -0.2) is 36.5 Å². The van der Waals surface area contributed by atoms with Crippen molar-refractivity contribution in [2.45, 2.75) is 25.8 Å². The first kappa shape index (κ1) is 11.7. The Kier molecular flexibility index (Phi) is 3.08. The monoisotopic (exact) mass is 244 g/mol. The summed E-state index contributed by atoms with van der Waals surface area (Å²) in [5.74, 6) is 0.975. The van der Waals surface area contributed by atoms with Crippen LogP contribution in [-0.2, 0) is 11.2 Å². The zero-order chi connectivity index (χ0) is 12.5. The number of rotatable bonds is 2. The fourth-order valence-electron chi connectivity index (χ4n) is 3.26. The zero-order valence-corrected chi connectivity index (χ0v) is 10.9. The van der Waals surface area contributed by atoms with Crippen LogP contribution in [0.1, 0.15) is 17.5 Å². The third-order valence-corrected chi connectivity index (χ3v) is 4.20.